The van der Waals surface area contributed by atoms with E-state index in [-0.39, 0.29) is 0 Å². The third-order valence-corrected chi connectivity index (χ3v) is 3.68. The molecule has 0 bridgehead atoms. The van der Waals surface area contributed by atoms with E-state index in [0.29, 0.717) is 11.6 Å². The van der Waals surface area contributed by atoms with Crippen molar-refractivity contribution < 1.29 is 4.79 Å². The fraction of sp³-hybridized carbons (Fsp3) is 0.571. The highest BCUT2D eigenvalue weighted by Gasteiger charge is 2.25. The second-order valence-corrected chi connectivity index (χ2v) is 4.97. The van der Waals surface area contributed by atoms with E-state index in [1.165, 1.54) is 6.42 Å². The zero-order valence-corrected chi connectivity index (χ0v) is 11.4. The average molecular weight is 262 g/mol. The van der Waals surface area contributed by atoms with Crippen molar-refractivity contribution in [3.8, 4) is 0 Å². The lowest BCUT2D eigenvalue weighted by atomic mass is 9.98. The number of amides is 1. The topological polar surface area (TPSA) is 71.2 Å². The van der Waals surface area contributed by atoms with Crippen LogP contribution in [0.5, 0.6) is 0 Å². The zero-order valence-electron chi connectivity index (χ0n) is 11.4. The molecular weight excluding hydrogens is 240 g/mol. The maximum absolute atomic E-state index is 11.5. The summed E-state index contributed by atoms with van der Waals surface area (Å²) in [7, 11) is 1.96. The SMILES string of the molecule is CNCCC1CCCCN1c1ncccc1C(N)=O. The molecule has 2 heterocycles. The monoisotopic (exact) mass is 262 g/mol. The summed E-state index contributed by atoms with van der Waals surface area (Å²) in [6.45, 7) is 1.92. The minimum atomic E-state index is -0.402. The minimum absolute atomic E-state index is 0.402. The van der Waals surface area contributed by atoms with Gasteiger partial charge in [0.05, 0.1) is 5.56 Å². The molecule has 104 valence electrons. The van der Waals surface area contributed by atoms with Gasteiger partial charge in [-0.3, -0.25) is 4.79 Å². The van der Waals surface area contributed by atoms with Crippen LogP contribution >= 0.6 is 0 Å². The van der Waals surface area contributed by atoms with Crippen LogP contribution in [-0.4, -0.2) is 37.1 Å². The third kappa shape index (κ3) is 3.23. The van der Waals surface area contributed by atoms with E-state index in [4.69, 9.17) is 5.73 Å². The number of anilines is 1. The van der Waals surface area contributed by atoms with Crippen molar-refractivity contribution in [1.29, 1.82) is 0 Å². The summed E-state index contributed by atoms with van der Waals surface area (Å²) in [4.78, 5) is 18.2. The number of hydrogen-bond acceptors (Lipinski definition) is 4. The second kappa shape index (κ2) is 6.52. The molecule has 5 nitrogen and oxygen atoms in total. The van der Waals surface area contributed by atoms with Gasteiger partial charge in [-0.05, 0) is 51.4 Å². The molecule has 2 rings (SSSR count). The van der Waals surface area contributed by atoms with Crippen molar-refractivity contribution in [2.24, 2.45) is 5.73 Å². The first-order chi connectivity index (χ1) is 9.24. The van der Waals surface area contributed by atoms with Crippen LogP contribution in [0.3, 0.4) is 0 Å². The first kappa shape index (κ1) is 13.8. The highest BCUT2D eigenvalue weighted by molar-refractivity contribution is 5.97. The van der Waals surface area contributed by atoms with Crippen molar-refractivity contribution in [3.63, 3.8) is 0 Å². The Morgan fingerprint density at radius 2 is 2.42 bits per heavy atom. The molecule has 0 saturated carbocycles. The normalized spacial score (nSPS) is 19.4. The van der Waals surface area contributed by atoms with Crippen LogP contribution in [0.1, 0.15) is 36.0 Å². The van der Waals surface area contributed by atoms with Crippen LogP contribution in [0, 0.1) is 0 Å². The maximum Gasteiger partial charge on any atom is 0.252 e. The molecule has 1 aliphatic rings. The Labute approximate surface area is 114 Å². The van der Waals surface area contributed by atoms with E-state index < -0.39 is 5.91 Å². The summed E-state index contributed by atoms with van der Waals surface area (Å²) < 4.78 is 0. The van der Waals surface area contributed by atoms with Crippen molar-refractivity contribution in [3.05, 3.63) is 23.9 Å². The standard InChI is InChI=1S/C14H22N4O/c1-16-9-7-11-5-2-3-10-18(11)14-12(13(15)19)6-4-8-17-14/h4,6,8,11,16H,2-3,5,7,9-10H2,1H3,(H2,15,19). The number of hydrogen-bond donors (Lipinski definition) is 2. The number of aromatic nitrogens is 1. The predicted molar refractivity (Wildman–Crippen MR) is 76.3 cm³/mol. The summed E-state index contributed by atoms with van der Waals surface area (Å²) >= 11 is 0. The van der Waals surface area contributed by atoms with Crippen molar-refractivity contribution in [2.75, 3.05) is 25.0 Å². The molecule has 3 N–H and O–H groups in total. The van der Waals surface area contributed by atoms with Crippen LogP contribution in [0.15, 0.2) is 18.3 Å². The molecule has 1 aliphatic heterocycles. The lowest BCUT2D eigenvalue weighted by molar-refractivity contribution is 0.1000. The van der Waals surface area contributed by atoms with E-state index in [1.807, 2.05) is 7.05 Å². The first-order valence-electron chi connectivity index (χ1n) is 6.90. The third-order valence-electron chi connectivity index (χ3n) is 3.68. The number of nitrogens with two attached hydrogens (primary N) is 1. The number of nitrogens with one attached hydrogen (secondary N) is 1. The Kier molecular flexibility index (Phi) is 4.74. The van der Waals surface area contributed by atoms with Crippen LogP contribution < -0.4 is 16.0 Å². The van der Waals surface area contributed by atoms with Gasteiger partial charge in [0.15, 0.2) is 0 Å². The molecule has 19 heavy (non-hydrogen) atoms. The van der Waals surface area contributed by atoms with E-state index in [9.17, 15) is 4.79 Å². The molecule has 1 unspecified atom stereocenters. The Morgan fingerprint density at radius 1 is 1.58 bits per heavy atom. The number of nitrogens with zero attached hydrogens (tertiary/aromatic N) is 2. The lowest BCUT2D eigenvalue weighted by Crippen LogP contribution is -2.42. The molecule has 0 aromatic carbocycles. The van der Waals surface area contributed by atoms with Crippen molar-refractivity contribution in [2.45, 2.75) is 31.7 Å². The number of piperidine rings is 1. The molecule has 1 fully saturated rings. The smallest absolute Gasteiger partial charge is 0.252 e. The molecule has 1 amide bonds. The molecule has 1 aromatic rings. The van der Waals surface area contributed by atoms with Gasteiger partial charge in [0.1, 0.15) is 5.82 Å². The van der Waals surface area contributed by atoms with Gasteiger partial charge >= 0.3 is 0 Å². The van der Waals surface area contributed by atoms with Crippen LogP contribution in [0.2, 0.25) is 0 Å². The minimum Gasteiger partial charge on any atom is -0.365 e. The van der Waals surface area contributed by atoms with Gasteiger partial charge in [0.2, 0.25) is 0 Å². The fourth-order valence-corrected chi connectivity index (χ4v) is 2.71. The Hall–Kier alpha value is -1.62. The highest BCUT2D eigenvalue weighted by atomic mass is 16.1. The van der Waals surface area contributed by atoms with Gasteiger partial charge in [-0.25, -0.2) is 4.98 Å². The van der Waals surface area contributed by atoms with E-state index >= 15 is 0 Å². The number of carbonyl (C=O) groups is 1. The Bertz CT molecular complexity index is 435. The van der Waals surface area contributed by atoms with E-state index in [2.05, 4.69) is 15.2 Å². The highest BCUT2D eigenvalue weighted by Crippen LogP contribution is 2.27. The van der Waals surface area contributed by atoms with Crippen LogP contribution in [0.4, 0.5) is 5.82 Å². The Balaban J connectivity index is 2.24. The number of rotatable bonds is 5. The van der Waals surface area contributed by atoms with Crippen LogP contribution in [0.25, 0.3) is 0 Å². The summed E-state index contributed by atoms with van der Waals surface area (Å²) in [5, 5.41) is 3.19. The van der Waals surface area contributed by atoms with Gasteiger partial charge in [-0.2, -0.15) is 0 Å². The molecule has 0 spiro atoms. The van der Waals surface area contributed by atoms with Gasteiger partial charge in [-0.15, -0.1) is 0 Å². The number of pyridine rings is 1. The summed E-state index contributed by atoms with van der Waals surface area (Å²) in [5.74, 6) is 0.344. The molecule has 5 heteroatoms. The molecule has 0 aliphatic carbocycles. The lowest BCUT2D eigenvalue weighted by Gasteiger charge is -2.37. The van der Waals surface area contributed by atoms with Gasteiger partial charge in [-0.1, -0.05) is 0 Å². The van der Waals surface area contributed by atoms with Gasteiger partial charge < -0.3 is 16.0 Å². The predicted octanol–water partition coefficient (Wildman–Crippen LogP) is 1.15. The molecular formula is C14H22N4O. The zero-order chi connectivity index (χ0) is 13.7. The van der Waals surface area contributed by atoms with E-state index in [0.717, 1.165) is 38.2 Å². The maximum atomic E-state index is 11.5. The van der Waals surface area contributed by atoms with Crippen molar-refractivity contribution in [1.82, 2.24) is 10.3 Å². The quantitative estimate of drug-likeness (QED) is 0.835. The Morgan fingerprint density at radius 3 is 3.16 bits per heavy atom. The largest absolute Gasteiger partial charge is 0.365 e. The first-order valence-corrected chi connectivity index (χ1v) is 6.90. The molecule has 0 radical (unpaired) electrons. The van der Waals surface area contributed by atoms with Gasteiger partial charge in [0.25, 0.3) is 5.91 Å². The summed E-state index contributed by atoms with van der Waals surface area (Å²) in [5.41, 5.74) is 5.98. The average Bonchev–Trinajstić information content (AvgIpc) is 2.45. The summed E-state index contributed by atoms with van der Waals surface area (Å²) in [6, 6.07) is 3.96. The fourth-order valence-electron chi connectivity index (χ4n) is 2.71. The van der Waals surface area contributed by atoms with E-state index in [1.54, 1.807) is 18.3 Å². The van der Waals surface area contributed by atoms with Crippen molar-refractivity contribution >= 4 is 11.7 Å². The molecule has 1 aromatic heterocycles. The number of carbonyl (C=O) groups excluding carboxylic acids is 1. The summed E-state index contributed by atoms with van der Waals surface area (Å²) in [6.07, 6.45) is 6.32. The van der Waals surface area contributed by atoms with Gasteiger partial charge in [0, 0.05) is 18.8 Å². The van der Waals surface area contributed by atoms with Crippen LogP contribution in [-0.2, 0) is 0 Å². The number of primary amides is 1. The second-order valence-electron chi connectivity index (χ2n) is 4.97. The molecule has 1 atom stereocenters. The molecule has 1 saturated heterocycles.